The van der Waals surface area contributed by atoms with E-state index in [0.29, 0.717) is 6.54 Å². The Bertz CT molecular complexity index is 576. The van der Waals surface area contributed by atoms with Crippen LogP contribution >= 0.6 is 0 Å². The van der Waals surface area contributed by atoms with Crippen LogP contribution in [-0.4, -0.2) is 11.5 Å². The van der Waals surface area contributed by atoms with Crippen molar-refractivity contribution in [3.8, 4) is 11.6 Å². The summed E-state index contributed by atoms with van der Waals surface area (Å²) in [5, 5.41) is 3.22. The SMILES string of the molecule is CCCNCc1cccnc1Oc1cc(F)ccc1F. The van der Waals surface area contributed by atoms with Gasteiger partial charge in [0.1, 0.15) is 5.82 Å². The van der Waals surface area contributed by atoms with Crippen LogP contribution in [0.25, 0.3) is 0 Å². The lowest BCUT2D eigenvalue weighted by Gasteiger charge is -2.11. The Hall–Kier alpha value is -2.01. The molecule has 0 aliphatic rings. The van der Waals surface area contributed by atoms with Crippen LogP contribution in [0, 0.1) is 11.6 Å². The minimum Gasteiger partial charge on any atom is -0.436 e. The van der Waals surface area contributed by atoms with Crippen molar-refractivity contribution in [1.82, 2.24) is 10.3 Å². The van der Waals surface area contributed by atoms with Gasteiger partial charge in [0.2, 0.25) is 5.88 Å². The molecule has 0 fully saturated rings. The van der Waals surface area contributed by atoms with Gasteiger partial charge in [-0.3, -0.25) is 0 Å². The average molecular weight is 278 g/mol. The van der Waals surface area contributed by atoms with E-state index in [1.807, 2.05) is 6.07 Å². The Balaban J connectivity index is 2.18. The Morgan fingerprint density at radius 1 is 1.25 bits per heavy atom. The molecule has 1 aromatic carbocycles. The van der Waals surface area contributed by atoms with Crippen molar-refractivity contribution in [3.05, 3.63) is 53.7 Å². The summed E-state index contributed by atoms with van der Waals surface area (Å²) < 4.78 is 32.1. The molecule has 0 atom stereocenters. The van der Waals surface area contributed by atoms with Crippen LogP contribution in [0.2, 0.25) is 0 Å². The third-order valence-electron chi connectivity index (χ3n) is 2.69. The first-order valence-corrected chi connectivity index (χ1v) is 6.48. The van der Waals surface area contributed by atoms with E-state index < -0.39 is 11.6 Å². The number of rotatable bonds is 6. The first kappa shape index (κ1) is 14.4. The van der Waals surface area contributed by atoms with E-state index in [4.69, 9.17) is 4.74 Å². The van der Waals surface area contributed by atoms with Gasteiger partial charge >= 0.3 is 0 Å². The van der Waals surface area contributed by atoms with Crippen molar-refractivity contribution in [1.29, 1.82) is 0 Å². The van der Waals surface area contributed by atoms with Crippen molar-refractivity contribution < 1.29 is 13.5 Å². The molecule has 0 spiro atoms. The predicted molar refractivity (Wildman–Crippen MR) is 72.7 cm³/mol. The molecule has 0 saturated carbocycles. The maximum atomic E-state index is 13.6. The summed E-state index contributed by atoms with van der Waals surface area (Å²) in [6.45, 7) is 3.49. The fourth-order valence-electron chi connectivity index (χ4n) is 1.71. The van der Waals surface area contributed by atoms with Gasteiger partial charge in [0, 0.05) is 24.4 Å². The van der Waals surface area contributed by atoms with E-state index in [-0.39, 0.29) is 11.6 Å². The van der Waals surface area contributed by atoms with Crippen LogP contribution in [0.4, 0.5) is 8.78 Å². The van der Waals surface area contributed by atoms with Crippen LogP contribution < -0.4 is 10.1 Å². The second-order valence-corrected chi connectivity index (χ2v) is 4.32. The molecular weight excluding hydrogens is 262 g/mol. The van der Waals surface area contributed by atoms with Gasteiger partial charge < -0.3 is 10.1 Å². The molecule has 0 radical (unpaired) electrons. The largest absolute Gasteiger partial charge is 0.436 e. The van der Waals surface area contributed by atoms with E-state index in [2.05, 4.69) is 17.2 Å². The number of nitrogens with one attached hydrogen (secondary N) is 1. The predicted octanol–water partition coefficient (Wildman–Crippen LogP) is 3.65. The van der Waals surface area contributed by atoms with Crippen molar-refractivity contribution in [2.45, 2.75) is 19.9 Å². The third kappa shape index (κ3) is 3.74. The Morgan fingerprint density at radius 2 is 2.10 bits per heavy atom. The second kappa shape index (κ2) is 6.96. The fourth-order valence-corrected chi connectivity index (χ4v) is 1.71. The van der Waals surface area contributed by atoms with Crippen LogP contribution in [0.3, 0.4) is 0 Å². The lowest BCUT2D eigenvalue weighted by atomic mass is 10.2. The summed E-state index contributed by atoms with van der Waals surface area (Å²) in [6.07, 6.45) is 2.56. The number of ether oxygens (including phenoxy) is 1. The normalized spacial score (nSPS) is 10.6. The number of pyridine rings is 1. The number of nitrogens with zero attached hydrogens (tertiary/aromatic N) is 1. The summed E-state index contributed by atoms with van der Waals surface area (Å²) in [5.41, 5.74) is 0.796. The summed E-state index contributed by atoms with van der Waals surface area (Å²) >= 11 is 0. The number of aromatic nitrogens is 1. The van der Waals surface area contributed by atoms with Crippen LogP contribution in [-0.2, 0) is 6.54 Å². The molecule has 0 amide bonds. The zero-order chi connectivity index (χ0) is 14.4. The average Bonchev–Trinajstić information content (AvgIpc) is 2.45. The minimum absolute atomic E-state index is 0.166. The number of hydrogen-bond acceptors (Lipinski definition) is 3. The molecule has 2 aromatic rings. The zero-order valence-electron chi connectivity index (χ0n) is 11.2. The highest BCUT2D eigenvalue weighted by Crippen LogP contribution is 2.26. The van der Waals surface area contributed by atoms with E-state index in [1.165, 1.54) is 0 Å². The molecule has 0 saturated heterocycles. The van der Waals surface area contributed by atoms with Gasteiger partial charge in [-0.25, -0.2) is 13.8 Å². The molecule has 20 heavy (non-hydrogen) atoms. The summed E-state index contributed by atoms with van der Waals surface area (Å²) in [7, 11) is 0. The Kier molecular flexibility index (Phi) is 5.01. The molecule has 0 aliphatic carbocycles. The maximum Gasteiger partial charge on any atom is 0.223 e. The molecule has 5 heteroatoms. The van der Waals surface area contributed by atoms with Gasteiger partial charge in [0.25, 0.3) is 0 Å². The first-order chi connectivity index (χ1) is 9.70. The van der Waals surface area contributed by atoms with Gasteiger partial charge in [0.15, 0.2) is 11.6 Å². The van der Waals surface area contributed by atoms with E-state index >= 15 is 0 Å². The highest BCUT2D eigenvalue weighted by Gasteiger charge is 2.10. The molecule has 3 nitrogen and oxygen atoms in total. The lowest BCUT2D eigenvalue weighted by molar-refractivity contribution is 0.416. The third-order valence-corrected chi connectivity index (χ3v) is 2.69. The maximum absolute atomic E-state index is 13.6. The standard InChI is InChI=1S/C15H16F2N2O/c1-2-7-18-10-11-4-3-8-19-15(11)20-14-9-12(16)5-6-13(14)17/h3-6,8-9,18H,2,7,10H2,1H3. The molecule has 0 unspecified atom stereocenters. The minimum atomic E-state index is -0.621. The first-order valence-electron chi connectivity index (χ1n) is 6.48. The van der Waals surface area contributed by atoms with Crippen LogP contribution in [0.1, 0.15) is 18.9 Å². The number of benzene rings is 1. The Morgan fingerprint density at radius 3 is 2.90 bits per heavy atom. The molecule has 1 heterocycles. The fraction of sp³-hybridized carbons (Fsp3) is 0.267. The molecule has 1 N–H and O–H groups in total. The molecule has 0 aliphatic heterocycles. The smallest absolute Gasteiger partial charge is 0.223 e. The second-order valence-electron chi connectivity index (χ2n) is 4.32. The van der Waals surface area contributed by atoms with Gasteiger partial charge in [-0.15, -0.1) is 0 Å². The molecule has 106 valence electrons. The van der Waals surface area contributed by atoms with Gasteiger partial charge in [-0.05, 0) is 31.2 Å². The molecular formula is C15H16F2N2O. The molecule has 0 bridgehead atoms. The van der Waals surface area contributed by atoms with E-state index in [9.17, 15) is 8.78 Å². The zero-order valence-corrected chi connectivity index (χ0v) is 11.2. The highest BCUT2D eigenvalue weighted by molar-refractivity contribution is 5.33. The van der Waals surface area contributed by atoms with Crippen molar-refractivity contribution in [2.24, 2.45) is 0 Å². The van der Waals surface area contributed by atoms with E-state index in [0.717, 1.165) is 36.7 Å². The molecule has 1 aromatic heterocycles. The lowest BCUT2D eigenvalue weighted by Crippen LogP contribution is -2.14. The highest BCUT2D eigenvalue weighted by atomic mass is 19.1. The van der Waals surface area contributed by atoms with Crippen LogP contribution in [0.15, 0.2) is 36.5 Å². The van der Waals surface area contributed by atoms with Crippen LogP contribution in [0.5, 0.6) is 11.6 Å². The summed E-state index contributed by atoms with van der Waals surface area (Å²) in [6, 6.07) is 6.69. The van der Waals surface area contributed by atoms with Gasteiger partial charge in [0.05, 0.1) is 0 Å². The van der Waals surface area contributed by atoms with Gasteiger partial charge in [-0.2, -0.15) is 0 Å². The Labute approximate surface area is 116 Å². The number of hydrogen-bond donors (Lipinski definition) is 1. The summed E-state index contributed by atoms with van der Waals surface area (Å²) in [4.78, 5) is 4.07. The van der Waals surface area contributed by atoms with Crippen molar-refractivity contribution >= 4 is 0 Å². The molecule has 2 rings (SSSR count). The van der Waals surface area contributed by atoms with Gasteiger partial charge in [-0.1, -0.05) is 13.0 Å². The topological polar surface area (TPSA) is 34.2 Å². The van der Waals surface area contributed by atoms with E-state index in [1.54, 1.807) is 12.3 Å². The monoisotopic (exact) mass is 278 g/mol. The van der Waals surface area contributed by atoms with Crippen molar-refractivity contribution in [3.63, 3.8) is 0 Å². The summed E-state index contributed by atoms with van der Waals surface area (Å²) in [5.74, 6) is -1.06. The van der Waals surface area contributed by atoms with Crippen molar-refractivity contribution in [2.75, 3.05) is 6.54 Å². The number of halogens is 2. The quantitative estimate of drug-likeness (QED) is 0.819.